The van der Waals surface area contributed by atoms with E-state index < -0.39 is 5.41 Å². The lowest BCUT2D eigenvalue weighted by Crippen LogP contribution is -2.45. The van der Waals surface area contributed by atoms with Crippen LogP contribution < -0.4 is 16.8 Å². The molecule has 5 N–H and O–H groups in total. The molecule has 0 unspecified atom stereocenters. The highest BCUT2D eigenvalue weighted by molar-refractivity contribution is 5.82. The van der Waals surface area contributed by atoms with Crippen LogP contribution >= 0.6 is 0 Å². The lowest BCUT2D eigenvalue weighted by atomic mass is 9.81. The van der Waals surface area contributed by atoms with Gasteiger partial charge in [-0.05, 0) is 19.3 Å². The summed E-state index contributed by atoms with van der Waals surface area (Å²) in [6, 6.07) is 0. The number of amides is 2. The van der Waals surface area contributed by atoms with Gasteiger partial charge in [0.05, 0.1) is 5.41 Å². The van der Waals surface area contributed by atoms with Gasteiger partial charge in [-0.2, -0.15) is 0 Å². The molecule has 0 aliphatic rings. The number of hydrogen-bond donors (Lipinski definition) is 3. The standard InChI is InChI=1S/C11H23N3O2/c1-3-11(4-2,8-12)10(16)14-7-5-6-9(13)15/h3-8,12H2,1-2H3,(H2,13,15)(H,14,16). The van der Waals surface area contributed by atoms with Crippen molar-refractivity contribution in [2.45, 2.75) is 39.5 Å². The molecule has 0 bridgehead atoms. The lowest BCUT2D eigenvalue weighted by Gasteiger charge is -2.28. The topological polar surface area (TPSA) is 98.2 Å². The molecule has 0 aromatic heterocycles. The molecule has 0 heterocycles. The van der Waals surface area contributed by atoms with Crippen LogP contribution in [-0.4, -0.2) is 24.9 Å². The Labute approximate surface area is 96.9 Å². The first-order valence-electron chi connectivity index (χ1n) is 5.79. The van der Waals surface area contributed by atoms with E-state index >= 15 is 0 Å². The van der Waals surface area contributed by atoms with E-state index in [1.54, 1.807) is 0 Å². The number of hydrogen-bond acceptors (Lipinski definition) is 3. The Hall–Kier alpha value is -1.10. The normalized spacial score (nSPS) is 11.2. The van der Waals surface area contributed by atoms with Gasteiger partial charge in [0.15, 0.2) is 0 Å². The van der Waals surface area contributed by atoms with E-state index in [4.69, 9.17) is 11.5 Å². The smallest absolute Gasteiger partial charge is 0.227 e. The summed E-state index contributed by atoms with van der Waals surface area (Å²) < 4.78 is 0. The summed E-state index contributed by atoms with van der Waals surface area (Å²) in [5, 5.41) is 2.80. The van der Waals surface area contributed by atoms with Gasteiger partial charge in [-0.25, -0.2) is 0 Å². The molecule has 0 rings (SSSR count). The maximum atomic E-state index is 11.9. The van der Waals surface area contributed by atoms with Crippen LogP contribution in [0.5, 0.6) is 0 Å². The second kappa shape index (κ2) is 7.22. The van der Waals surface area contributed by atoms with Crippen LogP contribution in [0, 0.1) is 5.41 Å². The van der Waals surface area contributed by atoms with Crippen molar-refractivity contribution in [3.63, 3.8) is 0 Å². The molecule has 0 aromatic carbocycles. The van der Waals surface area contributed by atoms with Gasteiger partial charge in [0.2, 0.25) is 11.8 Å². The van der Waals surface area contributed by atoms with Crippen molar-refractivity contribution in [3.8, 4) is 0 Å². The van der Waals surface area contributed by atoms with Gasteiger partial charge in [0.25, 0.3) is 0 Å². The van der Waals surface area contributed by atoms with E-state index in [0.717, 1.165) is 12.8 Å². The van der Waals surface area contributed by atoms with Crippen molar-refractivity contribution < 1.29 is 9.59 Å². The van der Waals surface area contributed by atoms with Crippen LogP contribution in [0.3, 0.4) is 0 Å². The van der Waals surface area contributed by atoms with Crippen LogP contribution in [0.4, 0.5) is 0 Å². The highest BCUT2D eigenvalue weighted by Gasteiger charge is 2.32. The highest BCUT2D eigenvalue weighted by atomic mass is 16.2. The van der Waals surface area contributed by atoms with Crippen molar-refractivity contribution in [1.82, 2.24) is 5.32 Å². The summed E-state index contributed by atoms with van der Waals surface area (Å²) in [7, 11) is 0. The quantitative estimate of drug-likeness (QED) is 0.516. The van der Waals surface area contributed by atoms with Crippen LogP contribution in [0.15, 0.2) is 0 Å². The first-order valence-corrected chi connectivity index (χ1v) is 5.79. The molecule has 5 heteroatoms. The minimum absolute atomic E-state index is 0.0236. The fraction of sp³-hybridized carbons (Fsp3) is 0.818. The number of nitrogens with two attached hydrogens (primary N) is 2. The van der Waals surface area contributed by atoms with E-state index in [1.807, 2.05) is 13.8 Å². The SMILES string of the molecule is CCC(CC)(CN)C(=O)NCCCC(N)=O. The molecular formula is C11H23N3O2. The third-order valence-electron chi connectivity index (χ3n) is 3.11. The predicted molar refractivity (Wildman–Crippen MR) is 63.5 cm³/mol. The van der Waals surface area contributed by atoms with E-state index in [-0.39, 0.29) is 11.8 Å². The molecule has 5 nitrogen and oxygen atoms in total. The molecule has 0 aliphatic carbocycles. The first kappa shape index (κ1) is 14.9. The average Bonchev–Trinajstić information content (AvgIpc) is 2.27. The molecule has 94 valence electrons. The Morgan fingerprint density at radius 1 is 1.25 bits per heavy atom. The highest BCUT2D eigenvalue weighted by Crippen LogP contribution is 2.24. The number of nitrogens with one attached hydrogen (secondary N) is 1. The van der Waals surface area contributed by atoms with Gasteiger partial charge in [0, 0.05) is 19.5 Å². The van der Waals surface area contributed by atoms with E-state index in [1.165, 1.54) is 0 Å². The summed E-state index contributed by atoms with van der Waals surface area (Å²) in [6.45, 7) is 4.74. The molecule has 0 saturated heterocycles. The predicted octanol–water partition coefficient (Wildman–Crippen LogP) is 0.133. The third-order valence-corrected chi connectivity index (χ3v) is 3.11. The molecule has 0 radical (unpaired) electrons. The van der Waals surface area contributed by atoms with Crippen LogP contribution in [-0.2, 0) is 9.59 Å². The van der Waals surface area contributed by atoms with Crippen molar-refractivity contribution in [3.05, 3.63) is 0 Å². The summed E-state index contributed by atoms with van der Waals surface area (Å²) in [5.41, 5.74) is 10.2. The summed E-state index contributed by atoms with van der Waals surface area (Å²) in [4.78, 5) is 22.4. The van der Waals surface area contributed by atoms with Gasteiger partial charge >= 0.3 is 0 Å². The summed E-state index contributed by atoms with van der Waals surface area (Å²) in [6.07, 6.45) is 2.33. The first-order chi connectivity index (χ1) is 7.52. The van der Waals surface area contributed by atoms with Crippen molar-refractivity contribution in [2.24, 2.45) is 16.9 Å². The Morgan fingerprint density at radius 2 is 1.81 bits per heavy atom. The molecule has 0 fully saturated rings. The van der Waals surface area contributed by atoms with Gasteiger partial charge in [-0.1, -0.05) is 13.8 Å². The zero-order valence-electron chi connectivity index (χ0n) is 10.2. The maximum absolute atomic E-state index is 11.9. The minimum Gasteiger partial charge on any atom is -0.370 e. The molecule has 0 aromatic rings. The Bertz CT molecular complexity index is 229. The molecule has 0 saturated carbocycles. The van der Waals surface area contributed by atoms with Gasteiger partial charge in [-0.3, -0.25) is 9.59 Å². The van der Waals surface area contributed by atoms with Gasteiger partial charge in [-0.15, -0.1) is 0 Å². The minimum atomic E-state index is -0.466. The molecule has 0 atom stereocenters. The monoisotopic (exact) mass is 229 g/mol. The number of carbonyl (C=O) groups is 2. The van der Waals surface area contributed by atoms with E-state index in [2.05, 4.69) is 5.32 Å². The Kier molecular flexibility index (Phi) is 6.72. The largest absolute Gasteiger partial charge is 0.370 e. The summed E-state index contributed by atoms with van der Waals surface area (Å²) >= 11 is 0. The second-order valence-electron chi connectivity index (χ2n) is 4.02. The van der Waals surface area contributed by atoms with Crippen molar-refractivity contribution in [1.29, 1.82) is 0 Å². The van der Waals surface area contributed by atoms with Crippen LogP contribution in [0.25, 0.3) is 0 Å². The zero-order chi connectivity index (χ0) is 12.6. The third kappa shape index (κ3) is 4.18. The molecular weight excluding hydrogens is 206 g/mol. The Balaban J connectivity index is 4.07. The Morgan fingerprint density at radius 3 is 2.19 bits per heavy atom. The van der Waals surface area contributed by atoms with E-state index in [0.29, 0.717) is 25.9 Å². The fourth-order valence-electron chi connectivity index (χ4n) is 1.60. The zero-order valence-corrected chi connectivity index (χ0v) is 10.2. The van der Waals surface area contributed by atoms with Crippen molar-refractivity contribution >= 4 is 11.8 Å². The van der Waals surface area contributed by atoms with E-state index in [9.17, 15) is 9.59 Å². The number of primary amides is 1. The summed E-state index contributed by atoms with van der Waals surface area (Å²) in [5.74, 6) is -0.366. The average molecular weight is 229 g/mol. The molecule has 2 amide bonds. The molecule has 16 heavy (non-hydrogen) atoms. The molecule has 0 aliphatic heterocycles. The van der Waals surface area contributed by atoms with Gasteiger partial charge < -0.3 is 16.8 Å². The van der Waals surface area contributed by atoms with Crippen LogP contribution in [0.1, 0.15) is 39.5 Å². The molecule has 0 spiro atoms. The number of rotatable bonds is 8. The number of carbonyl (C=O) groups excluding carboxylic acids is 2. The van der Waals surface area contributed by atoms with Crippen LogP contribution in [0.2, 0.25) is 0 Å². The fourth-order valence-corrected chi connectivity index (χ4v) is 1.60. The van der Waals surface area contributed by atoms with Crippen molar-refractivity contribution in [2.75, 3.05) is 13.1 Å². The van der Waals surface area contributed by atoms with Gasteiger partial charge in [0.1, 0.15) is 0 Å². The maximum Gasteiger partial charge on any atom is 0.227 e. The second-order valence-corrected chi connectivity index (χ2v) is 4.02. The lowest BCUT2D eigenvalue weighted by molar-refractivity contribution is -0.131.